The Balaban J connectivity index is 2.22. The Kier molecular flexibility index (Phi) is 4.60. The van der Waals surface area contributed by atoms with Gasteiger partial charge in [-0.2, -0.15) is 0 Å². The summed E-state index contributed by atoms with van der Waals surface area (Å²) in [6.45, 7) is 1.44. The standard InChI is InChI=1S/C15H16BrNO3/c1-9(18)14(20-2)13(10-3-4-10)17-15(19)11-5-7-12(16)8-6-11/h5-8,10H,3-4H2,1-2H3,(H,17,19)/b14-13+. The minimum atomic E-state index is -0.227. The normalized spacial score (nSPS) is 15.3. The number of halogens is 1. The largest absolute Gasteiger partial charge is 0.491 e. The number of carbonyl (C=O) groups excluding carboxylic acids is 2. The molecule has 1 aromatic rings. The highest BCUT2D eigenvalue weighted by Gasteiger charge is 2.32. The third-order valence-electron chi connectivity index (χ3n) is 3.11. The van der Waals surface area contributed by atoms with Gasteiger partial charge in [-0.25, -0.2) is 0 Å². The Morgan fingerprint density at radius 1 is 1.25 bits per heavy atom. The Morgan fingerprint density at radius 2 is 1.85 bits per heavy atom. The van der Waals surface area contributed by atoms with Crippen LogP contribution >= 0.6 is 15.9 Å². The number of ether oxygens (including phenoxy) is 1. The topological polar surface area (TPSA) is 55.4 Å². The fourth-order valence-electron chi connectivity index (χ4n) is 1.96. The summed E-state index contributed by atoms with van der Waals surface area (Å²) in [4.78, 5) is 23.8. The van der Waals surface area contributed by atoms with Gasteiger partial charge in [0.05, 0.1) is 12.8 Å². The van der Waals surface area contributed by atoms with Crippen LogP contribution in [-0.4, -0.2) is 18.8 Å². The van der Waals surface area contributed by atoms with E-state index >= 15 is 0 Å². The summed E-state index contributed by atoms with van der Waals surface area (Å²) in [6, 6.07) is 7.06. The summed E-state index contributed by atoms with van der Waals surface area (Å²) < 4.78 is 6.05. The molecule has 0 saturated heterocycles. The molecule has 0 heterocycles. The van der Waals surface area contributed by atoms with Crippen molar-refractivity contribution in [3.8, 4) is 0 Å². The van der Waals surface area contributed by atoms with Crippen molar-refractivity contribution in [1.82, 2.24) is 5.32 Å². The van der Waals surface area contributed by atoms with Crippen molar-refractivity contribution in [3.05, 3.63) is 45.8 Å². The van der Waals surface area contributed by atoms with Crippen molar-refractivity contribution in [2.24, 2.45) is 5.92 Å². The molecule has 1 N–H and O–H groups in total. The third-order valence-corrected chi connectivity index (χ3v) is 3.64. The lowest BCUT2D eigenvalue weighted by molar-refractivity contribution is -0.116. The number of methoxy groups -OCH3 is 1. The van der Waals surface area contributed by atoms with Gasteiger partial charge in [-0.3, -0.25) is 9.59 Å². The number of rotatable bonds is 5. The first-order valence-corrected chi connectivity index (χ1v) is 7.18. The minimum Gasteiger partial charge on any atom is -0.491 e. The van der Waals surface area contributed by atoms with Gasteiger partial charge < -0.3 is 10.1 Å². The first-order chi connectivity index (χ1) is 9.52. The van der Waals surface area contributed by atoms with E-state index in [1.807, 2.05) is 0 Å². The quantitative estimate of drug-likeness (QED) is 0.663. The summed E-state index contributed by atoms with van der Waals surface area (Å²) in [6.07, 6.45) is 1.94. The number of hydrogen-bond acceptors (Lipinski definition) is 3. The lowest BCUT2D eigenvalue weighted by atomic mass is 10.1. The molecule has 0 atom stereocenters. The van der Waals surface area contributed by atoms with Crippen LogP contribution in [0.15, 0.2) is 40.2 Å². The van der Waals surface area contributed by atoms with Crippen molar-refractivity contribution in [1.29, 1.82) is 0 Å². The molecule has 5 heteroatoms. The van der Waals surface area contributed by atoms with E-state index in [0.717, 1.165) is 17.3 Å². The van der Waals surface area contributed by atoms with Gasteiger partial charge in [-0.05, 0) is 37.1 Å². The van der Waals surface area contributed by atoms with E-state index in [1.165, 1.54) is 14.0 Å². The predicted molar refractivity (Wildman–Crippen MR) is 79.0 cm³/mol. The second kappa shape index (κ2) is 6.22. The molecule has 1 aliphatic carbocycles. The van der Waals surface area contributed by atoms with Crippen molar-refractivity contribution < 1.29 is 14.3 Å². The van der Waals surface area contributed by atoms with Crippen LogP contribution in [-0.2, 0) is 9.53 Å². The van der Waals surface area contributed by atoms with Crippen LogP contribution in [0.5, 0.6) is 0 Å². The number of hydrogen-bond donors (Lipinski definition) is 1. The summed E-state index contributed by atoms with van der Waals surface area (Å²) >= 11 is 3.33. The van der Waals surface area contributed by atoms with Crippen molar-refractivity contribution in [2.75, 3.05) is 7.11 Å². The second-order valence-electron chi connectivity index (χ2n) is 4.74. The highest BCUT2D eigenvalue weighted by Crippen LogP contribution is 2.37. The third kappa shape index (κ3) is 3.48. The molecule has 4 nitrogen and oxygen atoms in total. The van der Waals surface area contributed by atoms with E-state index in [1.54, 1.807) is 24.3 Å². The van der Waals surface area contributed by atoms with Gasteiger partial charge >= 0.3 is 0 Å². The SMILES string of the molecule is CO/C(C(C)=O)=C(/NC(=O)c1ccc(Br)cc1)C1CC1. The van der Waals surface area contributed by atoms with Gasteiger partial charge in [0.2, 0.25) is 0 Å². The molecular weight excluding hydrogens is 322 g/mol. The summed E-state index contributed by atoms with van der Waals surface area (Å²) in [7, 11) is 1.45. The van der Waals surface area contributed by atoms with Crippen molar-refractivity contribution in [3.63, 3.8) is 0 Å². The first kappa shape index (κ1) is 14.8. The van der Waals surface area contributed by atoms with Crippen LogP contribution in [0.1, 0.15) is 30.1 Å². The number of allylic oxidation sites excluding steroid dienone is 2. The molecule has 1 saturated carbocycles. The average Bonchev–Trinajstić information content (AvgIpc) is 3.23. The van der Waals surface area contributed by atoms with E-state index in [9.17, 15) is 9.59 Å². The Labute approximate surface area is 126 Å². The highest BCUT2D eigenvalue weighted by molar-refractivity contribution is 9.10. The summed E-state index contributed by atoms with van der Waals surface area (Å²) in [5.41, 5.74) is 1.15. The molecular formula is C15H16BrNO3. The maximum atomic E-state index is 12.2. The van der Waals surface area contributed by atoms with Crippen LogP contribution < -0.4 is 5.32 Å². The van der Waals surface area contributed by atoms with Gasteiger partial charge in [0, 0.05) is 22.9 Å². The lowest BCUT2D eigenvalue weighted by Gasteiger charge is -2.13. The van der Waals surface area contributed by atoms with Crippen LogP contribution in [0.4, 0.5) is 0 Å². The highest BCUT2D eigenvalue weighted by atomic mass is 79.9. The fraction of sp³-hybridized carbons (Fsp3) is 0.333. The Bertz CT molecular complexity index is 559. The van der Waals surface area contributed by atoms with Crippen LogP contribution in [0, 0.1) is 5.92 Å². The number of Topliss-reactive ketones (excluding diaryl/α,β-unsaturated/α-hetero) is 1. The number of ketones is 1. The van der Waals surface area contributed by atoms with E-state index in [-0.39, 0.29) is 23.4 Å². The smallest absolute Gasteiger partial charge is 0.255 e. The number of carbonyl (C=O) groups is 2. The monoisotopic (exact) mass is 337 g/mol. The number of nitrogens with one attached hydrogen (secondary N) is 1. The van der Waals surface area contributed by atoms with E-state index in [0.29, 0.717) is 11.3 Å². The molecule has 1 amide bonds. The zero-order chi connectivity index (χ0) is 14.7. The molecule has 1 aliphatic rings. The summed E-state index contributed by atoms with van der Waals surface area (Å²) in [5.74, 6) is 0.0620. The van der Waals surface area contributed by atoms with Crippen LogP contribution in [0.25, 0.3) is 0 Å². The van der Waals surface area contributed by atoms with E-state index < -0.39 is 0 Å². The Morgan fingerprint density at radius 3 is 2.30 bits per heavy atom. The van der Waals surface area contributed by atoms with E-state index in [2.05, 4.69) is 21.2 Å². The molecule has 2 rings (SSSR count). The zero-order valence-electron chi connectivity index (χ0n) is 11.4. The van der Waals surface area contributed by atoms with Gasteiger partial charge in [-0.1, -0.05) is 15.9 Å². The molecule has 106 valence electrons. The van der Waals surface area contributed by atoms with Gasteiger partial charge in [-0.15, -0.1) is 0 Å². The summed E-state index contributed by atoms with van der Waals surface area (Å²) in [5, 5.41) is 2.83. The molecule has 0 radical (unpaired) electrons. The van der Waals surface area contributed by atoms with Crippen LogP contribution in [0.3, 0.4) is 0 Å². The zero-order valence-corrected chi connectivity index (χ0v) is 13.0. The fourth-order valence-corrected chi connectivity index (χ4v) is 2.22. The lowest BCUT2D eigenvalue weighted by Crippen LogP contribution is -2.27. The molecule has 1 fully saturated rings. The minimum absolute atomic E-state index is 0.175. The number of amides is 1. The maximum Gasteiger partial charge on any atom is 0.255 e. The maximum absolute atomic E-state index is 12.2. The molecule has 20 heavy (non-hydrogen) atoms. The predicted octanol–water partition coefficient (Wildman–Crippen LogP) is 3.04. The second-order valence-corrected chi connectivity index (χ2v) is 5.65. The van der Waals surface area contributed by atoms with Gasteiger partial charge in [0.1, 0.15) is 0 Å². The first-order valence-electron chi connectivity index (χ1n) is 6.39. The van der Waals surface area contributed by atoms with Crippen molar-refractivity contribution >= 4 is 27.6 Å². The molecule has 1 aromatic carbocycles. The van der Waals surface area contributed by atoms with Crippen LogP contribution in [0.2, 0.25) is 0 Å². The molecule has 0 aliphatic heterocycles. The van der Waals surface area contributed by atoms with Gasteiger partial charge in [0.15, 0.2) is 11.5 Å². The number of benzene rings is 1. The molecule has 0 unspecified atom stereocenters. The molecule has 0 bridgehead atoms. The Hall–Kier alpha value is -1.62. The van der Waals surface area contributed by atoms with E-state index in [4.69, 9.17) is 4.74 Å². The average molecular weight is 338 g/mol. The van der Waals surface area contributed by atoms with Crippen molar-refractivity contribution in [2.45, 2.75) is 19.8 Å². The molecule has 0 spiro atoms. The molecule has 0 aromatic heterocycles. The van der Waals surface area contributed by atoms with Gasteiger partial charge in [0.25, 0.3) is 5.91 Å².